The number of aromatic nitrogens is 1. The van der Waals surface area contributed by atoms with Crippen LogP contribution in [0.5, 0.6) is 0 Å². The maximum atomic E-state index is 13.6. The van der Waals surface area contributed by atoms with Crippen molar-refractivity contribution in [2.24, 2.45) is 0 Å². The molecule has 0 saturated carbocycles. The van der Waals surface area contributed by atoms with Gasteiger partial charge in [-0.25, -0.2) is 9.37 Å². The van der Waals surface area contributed by atoms with E-state index in [-0.39, 0.29) is 0 Å². The first-order valence-corrected chi connectivity index (χ1v) is 5.78. The van der Waals surface area contributed by atoms with E-state index in [1.54, 1.807) is 19.1 Å². The highest BCUT2D eigenvalue weighted by Gasteiger charge is 2.11. The third-order valence-electron chi connectivity index (χ3n) is 2.30. The molecule has 5 heteroatoms. The van der Waals surface area contributed by atoms with Gasteiger partial charge in [0.05, 0.1) is 10.6 Å². The Morgan fingerprint density at radius 3 is 2.71 bits per heavy atom. The van der Waals surface area contributed by atoms with Gasteiger partial charge in [0.2, 0.25) is 0 Å². The minimum Gasteiger partial charge on any atom is -0.436 e. The van der Waals surface area contributed by atoms with Crippen LogP contribution in [0.15, 0.2) is 32.7 Å². The lowest BCUT2D eigenvalue weighted by molar-refractivity contribution is 0.112. The third kappa shape index (κ3) is 2.55. The molecule has 1 heterocycles. The third-order valence-corrected chi connectivity index (χ3v) is 3.20. The first-order chi connectivity index (χ1) is 8.10. The maximum Gasteiger partial charge on any atom is 0.261 e. The van der Waals surface area contributed by atoms with E-state index in [0.717, 1.165) is 23.2 Å². The van der Waals surface area contributed by atoms with E-state index >= 15 is 0 Å². The standard InChI is InChI=1S/C12H10FNO2S/c1-7-8(2)16-12(14-7)17-11-4-3-9(6-15)5-10(11)13/h3-6H,1-2H3. The highest BCUT2D eigenvalue weighted by atomic mass is 32.2. The number of hydrogen-bond donors (Lipinski definition) is 0. The first kappa shape index (κ1) is 11.9. The van der Waals surface area contributed by atoms with E-state index in [0.29, 0.717) is 22.0 Å². The molecule has 0 fully saturated rings. The van der Waals surface area contributed by atoms with Gasteiger partial charge < -0.3 is 4.42 Å². The van der Waals surface area contributed by atoms with Gasteiger partial charge in [0, 0.05) is 5.56 Å². The predicted octanol–water partition coefficient (Wildman–Crippen LogP) is 3.39. The molecule has 0 atom stereocenters. The van der Waals surface area contributed by atoms with Crippen LogP contribution in [0.2, 0.25) is 0 Å². The van der Waals surface area contributed by atoms with Crippen molar-refractivity contribution >= 4 is 18.0 Å². The van der Waals surface area contributed by atoms with Crippen molar-refractivity contribution in [1.82, 2.24) is 4.98 Å². The summed E-state index contributed by atoms with van der Waals surface area (Å²) in [6, 6.07) is 4.29. The molecule has 0 aliphatic carbocycles. The fraction of sp³-hybridized carbons (Fsp3) is 0.167. The van der Waals surface area contributed by atoms with Crippen molar-refractivity contribution in [2.45, 2.75) is 24.0 Å². The fourth-order valence-electron chi connectivity index (χ4n) is 1.25. The van der Waals surface area contributed by atoms with E-state index in [1.807, 2.05) is 6.92 Å². The molecule has 0 unspecified atom stereocenters. The number of aryl methyl sites for hydroxylation is 2. The number of oxazole rings is 1. The molecule has 17 heavy (non-hydrogen) atoms. The summed E-state index contributed by atoms with van der Waals surface area (Å²) in [6.45, 7) is 3.63. The summed E-state index contributed by atoms with van der Waals surface area (Å²) in [6.07, 6.45) is 0.608. The van der Waals surface area contributed by atoms with Crippen LogP contribution in [-0.4, -0.2) is 11.3 Å². The lowest BCUT2D eigenvalue weighted by Gasteiger charge is -1.99. The second-order valence-corrected chi connectivity index (χ2v) is 4.52. The predicted molar refractivity (Wildman–Crippen MR) is 61.9 cm³/mol. The zero-order valence-electron chi connectivity index (χ0n) is 9.36. The van der Waals surface area contributed by atoms with Gasteiger partial charge in [0.25, 0.3) is 5.22 Å². The zero-order valence-corrected chi connectivity index (χ0v) is 10.2. The number of benzene rings is 1. The van der Waals surface area contributed by atoms with E-state index in [2.05, 4.69) is 4.98 Å². The number of nitrogens with zero attached hydrogens (tertiary/aromatic N) is 1. The SMILES string of the molecule is Cc1nc(Sc2ccc(C=O)cc2F)oc1C. The fourth-order valence-corrected chi connectivity index (χ4v) is 2.08. The maximum absolute atomic E-state index is 13.6. The van der Waals surface area contributed by atoms with Crippen LogP contribution in [0.4, 0.5) is 4.39 Å². The Balaban J connectivity index is 2.27. The molecule has 1 aromatic carbocycles. The average Bonchev–Trinajstić information content (AvgIpc) is 2.61. The molecule has 0 radical (unpaired) electrons. The normalized spacial score (nSPS) is 10.5. The van der Waals surface area contributed by atoms with Crippen LogP contribution < -0.4 is 0 Å². The topological polar surface area (TPSA) is 43.1 Å². The Labute approximate surface area is 102 Å². The summed E-state index contributed by atoms with van der Waals surface area (Å²) in [5, 5.41) is 0.401. The molecule has 0 saturated heterocycles. The summed E-state index contributed by atoms with van der Waals surface area (Å²) in [7, 11) is 0. The van der Waals surface area contributed by atoms with Crippen LogP contribution in [0.1, 0.15) is 21.8 Å². The van der Waals surface area contributed by atoms with E-state index in [9.17, 15) is 9.18 Å². The number of aldehydes is 1. The molecule has 88 valence electrons. The van der Waals surface area contributed by atoms with Gasteiger partial charge in [-0.05, 0) is 37.7 Å². The molecule has 1 aromatic heterocycles. The Hall–Kier alpha value is -1.62. The van der Waals surface area contributed by atoms with Crippen molar-refractivity contribution in [3.63, 3.8) is 0 Å². The van der Waals surface area contributed by atoms with Crippen LogP contribution >= 0.6 is 11.8 Å². The Bertz CT molecular complexity index is 546. The zero-order chi connectivity index (χ0) is 12.4. The van der Waals surface area contributed by atoms with E-state index in [1.165, 1.54) is 6.07 Å². The molecule has 0 aliphatic rings. The lowest BCUT2D eigenvalue weighted by Crippen LogP contribution is -1.86. The number of carbonyl (C=O) groups excluding carboxylic acids is 1. The summed E-state index contributed by atoms with van der Waals surface area (Å²) in [5.41, 5.74) is 1.10. The average molecular weight is 251 g/mol. The highest BCUT2D eigenvalue weighted by Crippen LogP contribution is 2.30. The van der Waals surface area contributed by atoms with Crippen molar-refractivity contribution in [2.75, 3.05) is 0 Å². The molecule has 0 bridgehead atoms. The molecule has 2 rings (SSSR count). The van der Waals surface area contributed by atoms with Crippen LogP contribution in [0.3, 0.4) is 0 Å². The summed E-state index contributed by atoms with van der Waals surface area (Å²) < 4.78 is 18.9. The number of carbonyl (C=O) groups is 1. The second kappa shape index (κ2) is 4.71. The molecular formula is C12H10FNO2S. The van der Waals surface area contributed by atoms with Crippen molar-refractivity contribution in [3.05, 3.63) is 41.0 Å². The van der Waals surface area contributed by atoms with Gasteiger partial charge in [0.1, 0.15) is 17.9 Å². The molecule has 0 N–H and O–H groups in total. The van der Waals surface area contributed by atoms with Gasteiger partial charge in [-0.2, -0.15) is 0 Å². The molecule has 0 spiro atoms. The van der Waals surface area contributed by atoms with Crippen molar-refractivity contribution in [3.8, 4) is 0 Å². The molecular weight excluding hydrogens is 241 g/mol. The Morgan fingerprint density at radius 1 is 1.41 bits per heavy atom. The van der Waals surface area contributed by atoms with Gasteiger partial charge >= 0.3 is 0 Å². The van der Waals surface area contributed by atoms with E-state index in [4.69, 9.17) is 4.42 Å². The molecule has 0 aliphatic heterocycles. The summed E-state index contributed by atoms with van der Waals surface area (Å²) in [4.78, 5) is 15.0. The largest absolute Gasteiger partial charge is 0.436 e. The van der Waals surface area contributed by atoms with Crippen LogP contribution in [0.25, 0.3) is 0 Å². The highest BCUT2D eigenvalue weighted by molar-refractivity contribution is 7.99. The van der Waals surface area contributed by atoms with Crippen molar-refractivity contribution in [1.29, 1.82) is 0 Å². The number of hydrogen-bond acceptors (Lipinski definition) is 4. The smallest absolute Gasteiger partial charge is 0.261 e. The number of rotatable bonds is 3. The summed E-state index contributed by atoms with van der Waals surface area (Å²) in [5.74, 6) is 0.269. The van der Waals surface area contributed by atoms with Crippen LogP contribution in [0, 0.1) is 19.7 Å². The van der Waals surface area contributed by atoms with Gasteiger partial charge in [-0.1, -0.05) is 6.07 Å². The Morgan fingerprint density at radius 2 is 2.18 bits per heavy atom. The van der Waals surface area contributed by atoms with Crippen LogP contribution in [-0.2, 0) is 0 Å². The second-order valence-electron chi connectivity index (χ2n) is 3.53. The monoisotopic (exact) mass is 251 g/mol. The van der Waals surface area contributed by atoms with Gasteiger partial charge in [-0.3, -0.25) is 4.79 Å². The minimum atomic E-state index is -0.451. The minimum absolute atomic E-state index is 0.312. The lowest BCUT2D eigenvalue weighted by atomic mass is 10.2. The Kier molecular flexibility index (Phi) is 3.28. The summed E-state index contributed by atoms with van der Waals surface area (Å²) >= 11 is 1.10. The molecule has 2 aromatic rings. The first-order valence-electron chi connectivity index (χ1n) is 4.97. The number of halogens is 1. The molecule has 0 amide bonds. The van der Waals surface area contributed by atoms with Gasteiger partial charge in [-0.15, -0.1) is 0 Å². The molecule has 3 nitrogen and oxygen atoms in total. The quantitative estimate of drug-likeness (QED) is 0.784. The van der Waals surface area contributed by atoms with Gasteiger partial charge in [0.15, 0.2) is 0 Å². The van der Waals surface area contributed by atoms with Crippen molar-refractivity contribution < 1.29 is 13.6 Å². The van der Waals surface area contributed by atoms with E-state index < -0.39 is 5.82 Å².